The van der Waals surface area contributed by atoms with E-state index in [0.717, 1.165) is 45.1 Å². The Morgan fingerprint density at radius 2 is 2.22 bits per heavy atom. The van der Waals surface area contributed by atoms with Crippen molar-refractivity contribution in [2.24, 2.45) is 0 Å². The number of amides is 1. The van der Waals surface area contributed by atoms with Crippen LogP contribution in [0.1, 0.15) is 56.7 Å². The number of nitrogens with zero attached hydrogens (tertiary/aromatic N) is 2. The molecule has 1 aromatic heterocycles. The highest BCUT2D eigenvalue weighted by atomic mass is 16.5. The van der Waals surface area contributed by atoms with Crippen LogP contribution in [0.5, 0.6) is 0 Å². The van der Waals surface area contributed by atoms with Crippen molar-refractivity contribution in [1.29, 1.82) is 0 Å². The molecule has 2 heterocycles. The topological polar surface area (TPSA) is 86.5 Å². The van der Waals surface area contributed by atoms with Gasteiger partial charge in [0.05, 0.1) is 19.3 Å². The van der Waals surface area contributed by atoms with E-state index >= 15 is 0 Å². The summed E-state index contributed by atoms with van der Waals surface area (Å²) in [5, 5.41) is 7.14. The zero-order valence-corrected chi connectivity index (χ0v) is 13.7. The SMILES string of the molecule is Cc1nc(C2(NC(=O)CCOCC3CCCO3)CCCC2)no1. The van der Waals surface area contributed by atoms with Crippen LogP contribution in [-0.2, 0) is 19.8 Å². The number of aryl methyl sites for hydroxylation is 1. The zero-order chi connectivity index (χ0) is 16.1. The molecule has 1 aliphatic heterocycles. The summed E-state index contributed by atoms with van der Waals surface area (Å²) in [5.41, 5.74) is -0.469. The van der Waals surface area contributed by atoms with Gasteiger partial charge in [0, 0.05) is 20.0 Å². The minimum Gasteiger partial charge on any atom is -0.378 e. The van der Waals surface area contributed by atoms with Gasteiger partial charge < -0.3 is 19.3 Å². The predicted octanol–water partition coefficient (Wildman–Crippen LogP) is 1.85. The number of ether oxygens (including phenoxy) is 2. The fourth-order valence-electron chi connectivity index (χ4n) is 3.36. The van der Waals surface area contributed by atoms with Crippen molar-refractivity contribution in [2.45, 2.75) is 63.5 Å². The quantitative estimate of drug-likeness (QED) is 0.771. The Kier molecular flexibility index (Phi) is 5.27. The number of rotatable bonds is 7. The van der Waals surface area contributed by atoms with Gasteiger partial charge in [-0.2, -0.15) is 4.98 Å². The summed E-state index contributed by atoms with van der Waals surface area (Å²) in [4.78, 5) is 16.6. The summed E-state index contributed by atoms with van der Waals surface area (Å²) < 4.78 is 16.1. The average molecular weight is 323 g/mol. The van der Waals surface area contributed by atoms with Crippen LogP contribution in [0.3, 0.4) is 0 Å². The normalized spacial score (nSPS) is 23.3. The summed E-state index contributed by atoms with van der Waals surface area (Å²) >= 11 is 0. The van der Waals surface area contributed by atoms with E-state index < -0.39 is 5.54 Å². The van der Waals surface area contributed by atoms with Crippen LogP contribution in [0, 0.1) is 6.92 Å². The molecule has 0 aromatic carbocycles. The Labute approximate surface area is 136 Å². The first-order valence-electron chi connectivity index (χ1n) is 8.49. The lowest BCUT2D eigenvalue weighted by Gasteiger charge is -2.26. The van der Waals surface area contributed by atoms with Crippen molar-refractivity contribution < 1.29 is 18.8 Å². The predicted molar refractivity (Wildman–Crippen MR) is 81.7 cm³/mol. The van der Waals surface area contributed by atoms with Crippen molar-refractivity contribution in [3.63, 3.8) is 0 Å². The van der Waals surface area contributed by atoms with Gasteiger partial charge in [-0.1, -0.05) is 18.0 Å². The van der Waals surface area contributed by atoms with Crippen molar-refractivity contribution in [2.75, 3.05) is 19.8 Å². The van der Waals surface area contributed by atoms with Crippen LogP contribution in [0.15, 0.2) is 4.52 Å². The Hall–Kier alpha value is -1.47. The van der Waals surface area contributed by atoms with Gasteiger partial charge >= 0.3 is 0 Å². The Balaban J connectivity index is 1.47. The fraction of sp³-hybridized carbons (Fsp3) is 0.812. The number of aromatic nitrogens is 2. The standard InChI is InChI=1S/C16H25N3O4/c1-12-17-15(19-23-12)16(7-2-3-8-16)18-14(20)6-10-21-11-13-5-4-9-22-13/h13H,2-11H2,1H3,(H,18,20). The van der Waals surface area contributed by atoms with Gasteiger partial charge in [-0.3, -0.25) is 4.79 Å². The molecule has 2 fully saturated rings. The summed E-state index contributed by atoms with van der Waals surface area (Å²) in [6.45, 7) is 3.57. The van der Waals surface area contributed by atoms with E-state index in [4.69, 9.17) is 14.0 Å². The van der Waals surface area contributed by atoms with Crippen LogP contribution in [0.2, 0.25) is 0 Å². The van der Waals surface area contributed by atoms with Crippen molar-refractivity contribution >= 4 is 5.91 Å². The van der Waals surface area contributed by atoms with E-state index in [1.807, 2.05) is 0 Å². The molecule has 0 radical (unpaired) electrons. The molecule has 3 rings (SSSR count). The van der Waals surface area contributed by atoms with Crippen molar-refractivity contribution in [1.82, 2.24) is 15.5 Å². The fourth-order valence-corrected chi connectivity index (χ4v) is 3.36. The van der Waals surface area contributed by atoms with Crippen LogP contribution < -0.4 is 5.32 Å². The van der Waals surface area contributed by atoms with Crippen LogP contribution in [0.4, 0.5) is 0 Å². The molecule has 2 aliphatic rings. The molecule has 1 saturated carbocycles. The van der Waals surface area contributed by atoms with E-state index in [2.05, 4.69) is 15.5 Å². The highest BCUT2D eigenvalue weighted by Gasteiger charge is 2.41. The first kappa shape index (κ1) is 16.4. The van der Waals surface area contributed by atoms with E-state index in [1.54, 1.807) is 6.92 Å². The van der Waals surface area contributed by atoms with E-state index in [0.29, 0.717) is 31.3 Å². The van der Waals surface area contributed by atoms with Crippen LogP contribution in [-0.4, -0.2) is 42.0 Å². The second kappa shape index (κ2) is 7.40. The number of hydrogen-bond donors (Lipinski definition) is 1. The molecule has 7 nitrogen and oxygen atoms in total. The zero-order valence-electron chi connectivity index (χ0n) is 13.7. The molecule has 0 bridgehead atoms. The highest BCUT2D eigenvalue weighted by Crippen LogP contribution is 2.37. The number of carbonyl (C=O) groups is 1. The molecule has 0 spiro atoms. The summed E-state index contributed by atoms with van der Waals surface area (Å²) in [5.74, 6) is 1.10. The summed E-state index contributed by atoms with van der Waals surface area (Å²) in [7, 11) is 0. The minimum atomic E-state index is -0.469. The third-order valence-electron chi connectivity index (χ3n) is 4.59. The molecule has 1 amide bonds. The van der Waals surface area contributed by atoms with Crippen molar-refractivity contribution in [3.8, 4) is 0 Å². The number of hydrogen-bond acceptors (Lipinski definition) is 6. The van der Waals surface area contributed by atoms with Gasteiger partial charge in [-0.05, 0) is 25.7 Å². The molecule has 1 aromatic rings. The van der Waals surface area contributed by atoms with E-state index in [1.165, 1.54) is 0 Å². The maximum absolute atomic E-state index is 12.3. The molecule has 1 aliphatic carbocycles. The third kappa shape index (κ3) is 4.09. The number of carbonyl (C=O) groups excluding carboxylic acids is 1. The first-order chi connectivity index (χ1) is 11.2. The van der Waals surface area contributed by atoms with Gasteiger partial charge in [-0.15, -0.1) is 0 Å². The molecular formula is C16H25N3O4. The minimum absolute atomic E-state index is 0.0262. The molecule has 1 saturated heterocycles. The van der Waals surface area contributed by atoms with Gasteiger partial charge in [0.1, 0.15) is 5.54 Å². The van der Waals surface area contributed by atoms with Crippen molar-refractivity contribution in [3.05, 3.63) is 11.7 Å². The lowest BCUT2D eigenvalue weighted by molar-refractivity contribution is -0.124. The Bertz CT molecular complexity index is 519. The van der Waals surface area contributed by atoms with Gasteiger partial charge in [0.15, 0.2) is 5.82 Å². The molecule has 23 heavy (non-hydrogen) atoms. The first-order valence-corrected chi connectivity index (χ1v) is 8.49. The Morgan fingerprint density at radius 3 is 2.87 bits per heavy atom. The van der Waals surface area contributed by atoms with Crippen LogP contribution in [0.25, 0.3) is 0 Å². The van der Waals surface area contributed by atoms with Crippen LogP contribution >= 0.6 is 0 Å². The smallest absolute Gasteiger partial charge is 0.223 e. The van der Waals surface area contributed by atoms with Gasteiger partial charge in [0.2, 0.25) is 11.8 Å². The lowest BCUT2D eigenvalue weighted by atomic mass is 9.96. The maximum Gasteiger partial charge on any atom is 0.223 e. The lowest BCUT2D eigenvalue weighted by Crippen LogP contribution is -2.45. The van der Waals surface area contributed by atoms with Gasteiger partial charge in [0.25, 0.3) is 0 Å². The van der Waals surface area contributed by atoms with Gasteiger partial charge in [-0.25, -0.2) is 0 Å². The second-order valence-corrected chi connectivity index (χ2v) is 6.43. The molecular weight excluding hydrogens is 298 g/mol. The Morgan fingerprint density at radius 1 is 1.39 bits per heavy atom. The maximum atomic E-state index is 12.3. The van der Waals surface area contributed by atoms with E-state index in [9.17, 15) is 4.79 Å². The summed E-state index contributed by atoms with van der Waals surface area (Å²) in [6.07, 6.45) is 6.51. The summed E-state index contributed by atoms with van der Waals surface area (Å²) in [6, 6.07) is 0. The molecule has 128 valence electrons. The highest BCUT2D eigenvalue weighted by molar-refractivity contribution is 5.77. The van der Waals surface area contributed by atoms with E-state index in [-0.39, 0.29) is 12.0 Å². The second-order valence-electron chi connectivity index (χ2n) is 6.43. The largest absolute Gasteiger partial charge is 0.378 e. The number of nitrogens with one attached hydrogen (secondary N) is 1. The molecule has 1 atom stereocenters. The monoisotopic (exact) mass is 323 g/mol. The molecule has 7 heteroatoms. The third-order valence-corrected chi connectivity index (χ3v) is 4.59. The molecule has 1 N–H and O–H groups in total. The molecule has 1 unspecified atom stereocenters. The average Bonchev–Trinajstić information content (AvgIpc) is 3.25.